The molecule has 0 radical (unpaired) electrons. The van der Waals surface area contributed by atoms with Crippen LogP contribution in [0.2, 0.25) is 0 Å². The first kappa shape index (κ1) is 14.4. The Hall–Kier alpha value is -1.68. The van der Waals surface area contributed by atoms with Crippen molar-refractivity contribution in [3.63, 3.8) is 0 Å². The molecule has 0 fully saturated rings. The Balaban J connectivity index is 3.36. The van der Waals surface area contributed by atoms with Crippen LogP contribution in [0, 0.1) is 0 Å². The molecule has 0 aliphatic heterocycles. The van der Waals surface area contributed by atoms with E-state index in [0.717, 1.165) is 16.9 Å². The summed E-state index contributed by atoms with van der Waals surface area (Å²) in [4.78, 5) is 0. The molecule has 1 rings (SSSR count). The maximum Gasteiger partial charge on any atom is 0.164 e. The van der Waals surface area contributed by atoms with Crippen LogP contribution in [0.1, 0.15) is 18.5 Å². The average Bonchev–Trinajstić information content (AvgIpc) is 2.38. The molecule has 1 unspecified atom stereocenters. The minimum absolute atomic E-state index is 0.0137. The molecule has 0 aliphatic rings. The van der Waals surface area contributed by atoms with Crippen LogP contribution < -0.4 is 19.5 Å². The second-order valence-electron chi connectivity index (χ2n) is 4.02. The minimum Gasteiger partial charge on any atom is -0.496 e. The van der Waals surface area contributed by atoms with E-state index in [9.17, 15) is 0 Å². The van der Waals surface area contributed by atoms with Gasteiger partial charge in [-0.1, -0.05) is 12.2 Å². The molecule has 0 amide bonds. The molecule has 1 aromatic rings. The minimum atomic E-state index is 0.0137. The summed E-state index contributed by atoms with van der Waals surface area (Å²) in [7, 11) is 6.74. The number of nitrogens with one attached hydrogen (secondary N) is 1. The lowest BCUT2D eigenvalue weighted by Gasteiger charge is -2.21. The van der Waals surface area contributed by atoms with Crippen molar-refractivity contribution in [3.8, 4) is 17.2 Å². The van der Waals surface area contributed by atoms with E-state index in [0.29, 0.717) is 11.5 Å². The summed E-state index contributed by atoms with van der Waals surface area (Å²) in [5.41, 5.74) is 1.98. The van der Waals surface area contributed by atoms with E-state index < -0.39 is 0 Å². The molecular formula is C14H21NO3. The molecule has 4 heteroatoms. The van der Waals surface area contributed by atoms with E-state index in [4.69, 9.17) is 14.2 Å². The first-order chi connectivity index (χ1) is 8.58. The van der Waals surface area contributed by atoms with Crippen molar-refractivity contribution in [2.24, 2.45) is 0 Å². The lowest BCUT2D eigenvalue weighted by Crippen LogP contribution is -2.18. The zero-order chi connectivity index (χ0) is 13.7. The highest BCUT2D eigenvalue weighted by Crippen LogP contribution is 2.38. The third-order valence-electron chi connectivity index (χ3n) is 2.83. The van der Waals surface area contributed by atoms with Gasteiger partial charge in [0.2, 0.25) is 0 Å². The van der Waals surface area contributed by atoms with Crippen molar-refractivity contribution in [1.29, 1.82) is 0 Å². The Morgan fingerprint density at radius 3 is 1.94 bits per heavy atom. The van der Waals surface area contributed by atoms with Crippen LogP contribution in [0.25, 0.3) is 0 Å². The van der Waals surface area contributed by atoms with Gasteiger partial charge < -0.3 is 19.5 Å². The predicted octanol–water partition coefficient (Wildman–Crippen LogP) is 2.55. The molecule has 0 aliphatic carbocycles. The number of benzene rings is 1. The topological polar surface area (TPSA) is 39.7 Å². The van der Waals surface area contributed by atoms with Gasteiger partial charge in [0, 0.05) is 11.6 Å². The number of hydrogen-bond acceptors (Lipinski definition) is 4. The van der Waals surface area contributed by atoms with E-state index >= 15 is 0 Å². The monoisotopic (exact) mass is 251 g/mol. The number of likely N-dealkylation sites (N-methyl/N-ethyl adjacent to an activating group) is 1. The summed E-state index contributed by atoms with van der Waals surface area (Å²) in [6, 6.07) is 3.74. The van der Waals surface area contributed by atoms with Crippen molar-refractivity contribution >= 4 is 0 Å². The Morgan fingerprint density at radius 1 is 1.06 bits per heavy atom. The van der Waals surface area contributed by atoms with Gasteiger partial charge in [-0.05, 0) is 20.0 Å². The Labute approximate surface area is 109 Å². The maximum atomic E-state index is 5.40. The average molecular weight is 251 g/mol. The number of hydrogen-bond donors (Lipinski definition) is 1. The van der Waals surface area contributed by atoms with Crippen molar-refractivity contribution in [2.45, 2.75) is 13.0 Å². The molecule has 1 N–H and O–H groups in total. The zero-order valence-electron chi connectivity index (χ0n) is 11.7. The van der Waals surface area contributed by atoms with Crippen LogP contribution in [0.4, 0.5) is 0 Å². The lowest BCUT2D eigenvalue weighted by atomic mass is 9.99. The van der Waals surface area contributed by atoms with E-state index in [2.05, 4.69) is 11.9 Å². The van der Waals surface area contributed by atoms with Crippen LogP contribution in [0.15, 0.2) is 24.3 Å². The summed E-state index contributed by atoms with van der Waals surface area (Å²) in [6.07, 6.45) is 0. The normalized spacial score (nSPS) is 11.8. The fraction of sp³-hybridized carbons (Fsp3) is 0.429. The van der Waals surface area contributed by atoms with E-state index in [1.807, 2.05) is 26.1 Å². The third kappa shape index (κ3) is 2.76. The van der Waals surface area contributed by atoms with Gasteiger partial charge >= 0.3 is 0 Å². The van der Waals surface area contributed by atoms with E-state index in [1.165, 1.54) is 0 Å². The van der Waals surface area contributed by atoms with Crippen molar-refractivity contribution < 1.29 is 14.2 Å². The highest BCUT2D eigenvalue weighted by molar-refractivity contribution is 5.53. The van der Waals surface area contributed by atoms with Crippen LogP contribution in [0.3, 0.4) is 0 Å². The first-order valence-electron chi connectivity index (χ1n) is 5.71. The molecule has 0 saturated carbocycles. The molecule has 4 nitrogen and oxygen atoms in total. The van der Waals surface area contributed by atoms with Gasteiger partial charge in [0.05, 0.1) is 27.4 Å². The standard InChI is InChI=1S/C14H21NO3/c1-9(2)14(15-3)10-7-12(17-5)13(18-6)8-11(10)16-4/h7-8,14-15H,1H2,2-6H3. The molecule has 0 aromatic heterocycles. The van der Waals surface area contributed by atoms with Gasteiger partial charge in [0.25, 0.3) is 0 Å². The highest BCUT2D eigenvalue weighted by atomic mass is 16.5. The van der Waals surface area contributed by atoms with Crippen LogP contribution in [-0.2, 0) is 0 Å². The molecule has 1 aromatic carbocycles. The molecular weight excluding hydrogens is 230 g/mol. The Morgan fingerprint density at radius 2 is 1.56 bits per heavy atom. The molecule has 100 valence electrons. The summed E-state index contributed by atoms with van der Waals surface area (Å²) in [5, 5.41) is 3.21. The molecule has 0 saturated heterocycles. The van der Waals surface area contributed by atoms with Crippen molar-refractivity contribution in [2.75, 3.05) is 28.4 Å². The lowest BCUT2D eigenvalue weighted by molar-refractivity contribution is 0.346. The molecule has 0 spiro atoms. The SMILES string of the molecule is C=C(C)C(NC)c1cc(OC)c(OC)cc1OC. The zero-order valence-corrected chi connectivity index (χ0v) is 11.7. The van der Waals surface area contributed by atoms with Gasteiger partial charge in [-0.2, -0.15) is 0 Å². The van der Waals surface area contributed by atoms with Gasteiger partial charge in [-0.3, -0.25) is 0 Å². The van der Waals surface area contributed by atoms with Crippen LogP contribution >= 0.6 is 0 Å². The number of ether oxygens (including phenoxy) is 3. The highest BCUT2D eigenvalue weighted by Gasteiger charge is 2.19. The summed E-state index contributed by atoms with van der Waals surface area (Å²) >= 11 is 0. The fourth-order valence-corrected chi connectivity index (χ4v) is 1.95. The second kappa shape index (κ2) is 6.31. The van der Waals surface area contributed by atoms with Crippen molar-refractivity contribution in [3.05, 3.63) is 29.8 Å². The van der Waals surface area contributed by atoms with Crippen LogP contribution in [0.5, 0.6) is 17.2 Å². The summed E-state index contributed by atoms with van der Waals surface area (Å²) in [5.74, 6) is 2.07. The number of methoxy groups -OCH3 is 3. The van der Waals surface area contributed by atoms with E-state index in [-0.39, 0.29) is 6.04 Å². The first-order valence-corrected chi connectivity index (χ1v) is 5.71. The maximum absolute atomic E-state index is 5.40. The smallest absolute Gasteiger partial charge is 0.164 e. The van der Waals surface area contributed by atoms with Crippen LogP contribution in [-0.4, -0.2) is 28.4 Å². The van der Waals surface area contributed by atoms with Crippen molar-refractivity contribution in [1.82, 2.24) is 5.32 Å². The van der Waals surface area contributed by atoms with Gasteiger partial charge in [-0.15, -0.1) is 0 Å². The second-order valence-corrected chi connectivity index (χ2v) is 4.02. The van der Waals surface area contributed by atoms with Gasteiger partial charge in [-0.25, -0.2) is 0 Å². The molecule has 1 atom stereocenters. The van der Waals surface area contributed by atoms with E-state index in [1.54, 1.807) is 21.3 Å². The quantitative estimate of drug-likeness (QED) is 0.789. The molecule has 18 heavy (non-hydrogen) atoms. The van der Waals surface area contributed by atoms with Gasteiger partial charge in [0.15, 0.2) is 11.5 Å². The summed E-state index contributed by atoms with van der Waals surface area (Å²) in [6.45, 7) is 5.96. The fourth-order valence-electron chi connectivity index (χ4n) is 1.95. The summed E-state index contributed by atoms with van der Waals surface area (Å²) < 4.78 is 16.0. The van der Waals surface area contributed by atoms with Gasteiger partial charge in [0.1, 0.15) is 5.75 Å². The molecule has 0 bridgehead atoms. The Bertz CT molecular complexity index is 429. The molecule has 0 heterocycles. The predicted molar refractivity (Wildman–Crippen MR) is 72.7 cm³/mol. The third-order valence-corrected chi connectivity index (χ3v) is 2.83. The largest absolute Gasteiger partial charge is 0.496 e. The number of rotatable bonds is 6. The Kier molecular flexibility index (Phi) is 5.04.